The maximum atomic E-state index is 11.6. The molecule has 4 heterocycles. The summed E-state index contributed by atoms with van der Waals surface area (Å²) in [6, 6.07) is 4.39. The largest absolute Gasteiger partial charge is 0.350 e. The lowest BCUT2D eigenvalue weighted by atomic mass is 9.75. The molecule has 1 aromatic rings. The number of aromatic nitrogens is 1. The maximum Gasteiger partial charge on any atom is 0.181 e. The minimum atomic E-state index is 0.167. The van der Waals surface area contributed by atoms with Crippen molar-refractivity contribution in [3.63, 3.8) is 0 Å². The number of hydrogen-bond donors (Lipinski definition) is 0. The van der Waals surface area contributed by atoms with E-state index in [9.17, 15) is 4.79 Å². The Hall–Kier alpha value is -1.09. The third-order valence-corrected chi connectivity index (χ3v) is 5.14. The van der Waals surface area contributed by atoms with Crippen molar-refractivity contribution in [1.29, 1.82) is 0 Å². The molecule has 0 amide bonds. The molecule has 2 saturated heterocycles. The van der Waals surface area contributed by atoms with E-state index in [0.29, 0.717) is 5.92 Å². The van der Waals surface area contributed by atoms with Gasteiger partial charge in [-0.05, 0) is 31.7 Å². The molecule has 2 bridgehead atoms. The monoisotopic (exact) mass is 244 g/mol. The molecule has 4 rings (SSSR count). The summed E-state index contributed by atoms with van der Waals surface area (Å²) in [5, 5.41) is 0. The van der Waals surface area contributed by atoms with Crippen molar-refractivity contribution in [3.05, 3.63) is 34.2 Å². The molecule has 96 valence electrons. The van der Waals surface area contributed by atoms with E-state index in [-0.39, 0.29) is 5.43 Å². The van der Waals surface area contributed by atoms with E-state index in [2.05, 4.69) is 9.47 Å². The Kier molecular flexibility index (Phi) is 2.37. The number of rotatable bonds is 0. The molecule has 0 radical (unpaired) electrons. The Morgan fingerprint density at radius 2 is 2.17 bits per heavy atom. The summed E-state index contributed by atoms with van der Waals surface area (Å²) in [6.45, 7) is 3.56. The summed E-state index contributed by atoms with van der Waals surface area (Å²) in [6.07, 6.45) is 7.45. The lowest BCUT2D eigenvalue weighted by molar-refractivity contribution is 0.0255. The number of hydrogen-bond acceptors (Lipinski definition) is 2. The van der Waals surface area contributed by atoms with Crippen molar-refractivity contribution >= 4 is 0 Å². The average molecular weight is 244 g/mol. The normalized spacial score (nSPS) is 34.8. The maximum absolute atomic E-state index is 11.6. The van der Waals surface area contributed by atoms with Crippen LogP contribution in [0.15, 0.2) is 23.1 Å². The first-order valence-electron chi connectivity index (χ1n) is 7.26. The second kappa shape index (κ2) is 3.95. The van der Waals surface area contributed by atoms with Crippen LogP contribution in [-0.4, -0.2) is 28.6 Å². The lowest BCUT2D eigenvalue weighted by Crippen LogP contribution is -2.53. The van der Waals surface area contributed by atoms with E-state index in [4.69, 9.17) is 0 Å². The van der Waals surface area contributed by atoms with Crippen LogP contribution in [0.1, 0.15) is 37.3 Å². The quantitative estimate of drug-likeness (QED) is 0.695. The molecule has 0 spiro atoms. The van der Waals surface area contributed by atoms with Gasteiger partial charge in [0.15, 0.2) is 5.43 Å². The predicted molar refractivity (Wildman–Crippen MR) is 70.8 cm³/mol. The SMILES string of the molecule is O=c1ccn2c(c1)C1CC(C2)C2CCCCN2C1. The highest BCUT2D eigenvalue weighted by molar-refractivity contribution is 5.18. The zero-order valence-electron chi connectivity index (χ0n) is 10.7. The molecule has 3 aliphatic rings. The Morgan fingerprint density at radius 1 is 1.22 bits per heavy atom. The average Bonchev–Trinajstić information content (AvgIpc) is 2.40. The van der Waals surface area contributed by atoms with Gasteiger partial charge in [0, 0.05) is 49.1 Å². The molecule has 3 aliphatic heterocycles. The molecule has 3 heteroatoms. The molecule has 3 unspecified atom stereocenters. The zero-order valence-corrected chi connectivity index (χ0v) is 10.7. The summed E-state index contributed by atoms with van der Waals surface area (Å²) in [5.41, 5.74) is 1.45. The highest BCUT2D eigenvalue weighted by atomic mass is 16.1. The third kappa shape index (κ3) is 1.57. The number of fused-ring (bicyclic) bond motifs is 6. The second-order valence-corrected chi connectivity index (χ2v) is 6.19. The van der Waals surface area contributed by atoms with Crippen LogP contribution in [0.3, 0.4) is 0 Å². The van der Waals surface area contributed by atoms with Crippen molar-refractivity contribution in [2.24, 2.45) is 5.92 Å². The van der Waals surface area contributed by atoms with Crippen molar-refractivity contribution < 1.29 is 0 Å². The summed E-state index contributed by atoms with van der Waals surface area (Å²) >= 11 is 0. The van der Waals surface area contributed by atoms with Crippen LogP contribution >= 0.6 is 0 Å². The minimum absolute atomic E-state index is 0.167. The van der Waals surface area contributed by atoms with Crippen LogP contribution < -0.4 is 5.43 Å². The zero-order chi connectivity index (χ0) is 12.1. The van der Waals surface area contributed by atoms with E-state index >= 15 is 0 Å². The summed E-state index contributed by atoms with van der Waals surface area (Å²) in [5.74, 6) is 1.39. The molecule has 3 atom stereocenters. The van der Waals surface area contributed by atoms with Crippen LogP contribution in [-0.2, 0) is 6.54 Å². The van der Waals surface area contributed by atoms with Gasteiger partial charge in [0.2, 0.25) is 0 Å². The predicted octanol–water partition coefficient (Wildman–Crippen LogP) is 1.82. The number of nitrogens with zero attached hydrogens (tertiary/aromatic N) is 2. The molecule has 0 aliphatic carbocycles. The van der Waals surface area contributed by atoms with E-state index in [1.807, 2.05) is 12.3 Å². The first kappa shape index (κ1) is 10.8. The van der Waals surface area contributed by atoms with Gasteiger partial charge in [0.1, 0.15) is 0 Å². The highest BCUT2D eigenvalue weighted by Crippen LogP contribution is 2.41. The number of pyridine rings is 1. The van der Waals surface area contributed by atoms with Gasteiger partial charge < -0.3 is 4.57 Å². The molecule has 18 heavy (non-hydrogen) atoms. The fourth-order valence-corrected chi connectivity index (χ4v) is 4.37. The van der Waals surface area contributed by atoms with Crippen LogP contribution in [0.5, 0.6) is 0 Å². The first-order valence-corrected chi connectivity index (χ1v) is 7.26. The van der Waals surface area contributed by atoms with E-state index < -0.39 is 0 Å². The van der Waals surface area contributed by atoms with Crippen molar-refractivity contribution in [2.45, 2.75) is 44.2 Å². The standard InChI is InChI=1S/C15H20N2O/c18-13-4-6-17-9-11-7-12(15(17)8-13)10-16-5-2-1-3-14(11)16/h4,6,8,11-12,14H,1-3,5,7,9-10H2. The van der Waals surface area contributed by atoms with Crippen LogP contribution in [0.4, 0.5) is 0 Å². The van der Waals surface area contributed by atoms with Gasteiger partial charge in [-0.1, -0.05) is 6.42 Å². The van der Waals surface area contributed by atoms with Gasteiger partial charge in [0.25, 0.3) is 0 Å². The highest BCUT2D eigenvalue weighted by Gasteiger charge is 2.41. The fourth-order valence-electron chi connectivity index (χ4n) is 4.37. The first-order chi connectivity index (χ1) is 8.81. The minimum Gasteiger partial charge on any atom is -0.350 e. The summed E-state index contributed by atoms with van der Waals surface area (Å²) in [7, 11) is 0. The van der Waals surface area contributed by atoms with E-state index in [1.54, 1.807) is 6.07 Å². The Balaban J connectivity index is 1.74. The molecule has 0 N–H and O–H groups in total. The Bertz CT molecular complexity index is 521. The van der Waals surface area contributed by atoms with Gasteiger partial charge in [-0.15, -0.1) is 0 Å². The van der Waals surface area contributed by atoms with Crippen molar-refractivity contribution in [3.8, 4) is 0 Å². The van der Waals surface area contributed by atoms with Gasteiger partial charge in [-0.25, -0.2) is 0 Å². The van der Waals surface area contributed by atoms with Crippen LogP contribution in [0, 0.1) is 5.92 Å². The molecule has 2 fully saturated rings. The smallest absolute Gasteiger partial charge is 0.181 e. The Labute approximate surface area is 107 Å². The van der Waals surface area contributed by atoms with Gasteiger partial charge >= 0.3 is 0 Å². The summed E-state index contributed by atoms with van der Waals surface area (Å²) in [4.78, 5) is 14.3. The molecule has 1 aromatic heterocycles. The molecule has 0 saturated carbocycles. The molecule has 0 aromatic carbocycles. The van der Waals surface area contributed by atoms with E-state index in [0.717, 1.165) is 18.5 Å². The van der Waals surface area contributed by atoms with Crippen molar-refractivity contribution in [1.82, 2.24) is 9.47 Å². The van der Waals surface area contributed by atoms with Gasteiger partial charge in [-0.3, -0.25) is 9.69 Å². The third-order valence-electron chi connectivity index (χ3n) is 5.14. The number of piperidine rings is 2. The lowest BCUT2D eigenvalue weighted by Gasteiger charge is -2.50. The molecular formula is C15H20N2O. The fraction of sp³-hybridized carbons (Fsp3) is 0.667. The van der Waals surface area contributed by atoms with E-state index in [1.165, 1.54) is 44.5 Å². The van der Waals surface area contributed by atoms with Crippen LogP contribution in [0.25, 0.3) is 0 Å². The Morgan fingerprint density at radius 3 is 3.11 bits per heavy atom. The molecule has 3 nitrogen and oxygen atoms in total. The van der Waals surface area contributed by atoms with Gasteiger partial charge in [0.05, 0.1) is 0 Å². The topological polar surface area (TPSA) is 25.2 Å². The van der Waals surface area contributed by atoms with Crippen molar-refractivity contribution in [2.75, 3.05) is 13.1 Å². The summed E-state index contributed by atoms with van der Waals surface area (Å²) < 4.78 is 2.34. The van der Waals surface area contributed by atoms with Crippen LogP contribution in [0.2, 0.25) is 0 Å². The molecular weight excluding hydrogens is 224 g/mol. The van der Waals surface area contributed by atoms with Gasteiger partial charge in [-0.2, -0.15) is 0 Å². The second-order valence-electron chi connectivity index (χ2n) is 6.19.